The molecule has 0 radical (unpaired) electrons. The van der Waals surface area contributed by atoms with Crippen molar-refractivity contribution in [2.45, 2.75) is 26.4 Å². The Hall–Kier alpha value is -1.71. The van der Waals surface area contributed by atoms with Crippen LogP contribution in [0.3, 0.4) is 0 Å². The summed E-state index contributed by atoms with van der Waals surface area (Å²) in [5.41, 5.74) is 7.80. The van der Waals surface area contributed by atoms with Crippen molar-refractivity contribution in [1.82, 2.24) is 0 Å². The Morgan fingerprint density at radius 3 is 2.59 bits per heavy atom. The van der Waals surface area contributed by atoms with E-state index in [1.54, 1.807) is 0 Å². The number of halogens is 1. The molecule has 0 amide bonds. The second kappa shape index (κ2) is 8.66. The number of nitrogens with two attached hydrogens (primary N) is 1. The number of ether oxygens (including phenoxy) is 2. The molecule has 0 fully saturated rings. The molecule has 0 saturated heterocycles. The predicted molar refractivity (Wildman–Crippen MR) is 90.8 cm³/mol. The Balaban J connectivity index is 2.08. The van der Waals surface area contributed by atoms with E-state index in [2.05, 4.69) is 6.07 Å². The molecule has 0 atom stereocenters. The summed E-state index contributed by atoms with van der Waals surface area (Å²) in [5.74, 6) is 1.53. The minimum Gasteiger partial charge on any atom is -0.490 e. The van der Waals surface area contributed by atoms with Crippen LogP contribution in [-0.4, -0.2) is 13.2 Å². The molecule has 4 heteroatoms. The second-order valence-electron chi connectivity index (χ2n) is 5.02. The fourth-order valence-electron chi connectivity index (χ4n) is 2.19. The van der Waals surface area contributed by atoms with Crippen molar-refractivity contribution in [1.29, 1.82) is 0 Å². The first-order chi connectivity index (χ1) is 10.7. The van der Waals surface area contributed by atoms with Gasteiger partial charge in [0.2, 0.25) is 0 Å². The van der Waals surface area contributed by atoms with Crippen LogP contribution in [0.1, 0.15) is 24.5 Å². The molecule has 2 N–H and O–H groups in total. The van der Waals surface area contributed by atoms with Gasteiger partial charge < -0.3 is 15.2 Å². The molecule has 0 aliphatic rings. The normalized spacial score (nSPS) is 10.5. The van der Waals surface area contributed by atoms with Gasteiger partial charge in [-0.05, 0) is 61.7 Å². The van der Waals surface area contributed by atoms with Crippen molar-refractivity contribution in [2.24, 2.45) is 5.73 Å². The highest BCUT2D eigenvalue weighted by molar-refractivity contribution is 6.30. The van der Waals surface area contributed by atoms with Gasteiger partial charge in [-0.1, -0.05) is 29.8 Å². The minimum absolute atomic E-state index is 0.461. The van der Waals surface area contributed by atoms with Crippen LogP contribution in [0.5, 0.6) is 11.5 Å². The molecule has 2 aromatic carbocycles. The van der Waals surface area contributed by atoms with Crippen molar-refractivity contribution in [3.05, 3.63) is 58.6 Å². The van der Waals surface area contributed by atoms with E-state index in [-0.39, 0.29) is 0 Å². The first-order valence-corrected chi connectivity index (χ1v) is 7.93. The maximum Gasteiger partial charge on any atom is 0.161 e. The van der Waals surface area contributed by atoms with Crippen molar-refractivity contribution in [3.8, 4) is 11.5 Å². The molecule has 0 aromatic heterocycles. The largest absolute Gasteiger partial charge is 0.490 e. The summed E-state index contributed by atoms with van der Waals surface area (Å²) in [6.45, 7) is 3.72. The zero-order valence-corrected chi connectivity index (χ0v) is 13.6. The van der Waals surface area contributed by atoms with Gasteiger partial charge in [0, 0.05) is 5.02 Å². The Bertz CT molecular complexity index is 601. The van der Waals surface area contributed by atoms with Crippen molar-refractivity contribution >= 4 is 11.6 Å². The average molecular weight is 320 g/mol. The lowest BCUT2D eigenvalue weighted by atomic mass is 10.1. The van der Waals surface area contributed by atoms with E-state index < -0.39 is 0 Å². The topological polar surface area (TPSA) is 44.5 Å². The van der Waals surface area contributed by atoms with Gasteiger partial charge in [-0.2, -0.15) is 0 Å². The van der Waals surface area contributed by atoms with Crippen LogP contribution in [0.2, 0.25) is 5.02 Å². The van der Waals surface area contributed by atoms with E-state index in [4.69, 9.17) is 26.8 Å². The van der Waals surface area contributed by atoms with Gasteiger partial charge >= 0.3 is 0 Å². The smallest absolute Gasteiger partial charge is 0.161 e. The van der Waals surface area contributed by atoms with Crippen LogP contribution in [0.4, 0.5) is 0 Å². The Labute approximate surface area is 137 Å². The van der Waals surface area contributed by atoms with Crippen LogP contribution in [0.15, 0.2) is 42.5 Å². The summed E-state index contributed by atoms with van der Waals surface area (Å²) < 4.78 is 11.6. The fourth-order valence-corrected chi connectivity index (χ4v) is 2.40. The second-order valence-corrected chi connectivity index (χ2v) is 5.46. The van der Waals surface area contributed by atoms with Crippen molar-refractivity contribution < 1.29 is 9.47 Å². The lowest BCUT2D eigenvalue weighted by molar-refractivity contribution is 0.269. The third kappa shape index (κ3) is 4.93. The number of benzene rings is 2. The summed E-state index contributed by atoms with van der Waals surface area (Å²) in [6, 6.07) is 13.7. The van der Waals surface area contributed by atoms with Crippen molar-refractivity contribution in [3.63, 3.8) is 0 Å². The monoisotopic (exact) mass is 319 g/mol. The third-order valence-corrected chi connectivity index (χ3v) is 3.50. The van der Waals surface area contributed by atoms with E-state index in [1.807, 2.05) is 43.3 Å². The third-order valence-electron chi connectivity index (χ3n) is 3.26. The molecule has 0 aliphatic carbocycles. The first kappa shape index (κ1) is 16.7. The molecule has 3 nitrogen and oxygen atoms in total. The van der Waals surface area contributed by atoms with Gasteiger partial charge in [0.25, 0.3) is 0 Å². The molecule has 0 heterocycles. The predicted octanol–water partition coefficient (Wildman–Crippen LogP) is 4.21. The van der Waals surface area contributed by atoms with Crippen LogP contribution in [0, 0.1) is 0 Å². The van der Waals surface area contributed by atoms with Gasteiger partial charge in [0.05, 0.1) is 6.61 Å². The number of hydrogen-bond acceptors (Lipinski definition) is 3. The van der Waals surface area contributed by atoms with E-state index in [0.29, 0.717) is 24.8 Å². The van der Waals surface area contributed by atoms with Gasteiger partial charge in [0.15, 0.2) is 11.5 Å². The maximum atomic E-state index is 5.99. The van der Waals surface area contributed by atoms with Gasteiger partial charge in [0.1, 0.15) is 6.61 Å². The summed E-state index contributed by atoms with van der Waals surface area (Å²) in [7, 11) is 0. The molecule has 22 heavy (non-hydrogen) atoms. The zero-order chi connectivity index (χ0) is 15.8. The van der Waals surface area contributed by atoms with E-state index in [9.17, 15) is 0 Å². The van der Waals surface area contributed by atoms with Gasteiger partial charge in [-0.15, -0.1) is 0 Å². The SMILES string of the molecule is CCOc1cc(CCCN)ccc1OCc1cccc(Cl)c1. The fraction of sp³-hybridized carbons (Fsp3) is 0.333. The molecule has 0 aliphatic heterocycles. The summed E-state index contributed by atoms with van der Waals surface area (Å²) in [5, 5.41) is 0.711. The summed E-state index contributed by atoms with van der Waals surface area (Å²) >= 11 is 5.99. The molecule has 0 unspecified atom stereocenters. The molecule has 2 aromatic rings. The molecule has 0 spiro atoms. The quantitative estimate of drug-likeness (QED) is 0.792. The van der Waals surface area contributed by atoms with Crippen LogP contribution < -0.4 is 15.2 Å². The number of hydrogen-bond donors (Lipinski definition) is 1. The number of aryl methyl sites for hydroxylation is 1. The molecule has 0 saturated carbocycles. The Morgan fingerprint density at radius 2 is 1.86 bits per heavy atom. The summed E-state index contributed by atoms with van der Waals surface area (Å²) in [6.07, 6.45) is 1.92. The lowest BCUT2D eigenvalue weighted by Gasteiger charge is -2.13. The molecular formula is C18H22ClNO2. The van der Waals surface area contributed by atoms with E-state index in [0.717, 1.165) is 29.9 Å². The average Bonchev–Trinajstić information content (AvgIpc) is 2.52. The highest BCUT2D eigenvalue weighted by Gasteiger charge is 2.07. The van der Waals surface area contributed by atoms with E-state index in [1.165, 1.54) is 5.56 Å². The van der Waals surface area contributed by atoms with E-state index >= 15 is 0 Å². The van der Waals surface area contributed by atoms with Crippen molar-refractivity contribution in [2.75, 3.05) is 13.2 Å². The molecular weight excluding hydrogens is 298 g/mol. The molecule has 0 bridgehead atoms. The van der Waals surface area contributed by atoms with Crippen LogP contribution >= 0.6 is 11.6 Å². The molecule has 2 rings (SSSR count). The van der Waals surface area contributed by atoms with Gasteiger partial charge in [-0.3, -0.25) is 0 Å². The van der Waals surface area contributed by atoms with Gasteiger partial charge in [-0.25, -0.2) is 0 Å². The standard InChI is InChI=1S/C18H22ClNO2/c1-2-21-18-12-14(6-4-10-20)8-9-17(18)22-13-15-5-3-7-16(19)11-15/h3,5,7-9,11-12H,2,4,6,10,13,20H2,1H3. The van der Waals surface area contributed by atoms with Crippen LogP contribution in [-0.2, 0) is 13.0 Å². The summed E-state index contributed by atoms with van der Waals surface area (Å²) in [4.78, 5) is 0. The minimum atomic E-state index is 0.461. The zero-order valence-electron chi connectivity index (χ0n) is 12.8. The lowest BCUT2D eigenvalue weighted by Crippen LogP contribution is -2.02. The Morgan fingerprint density at radius 1 is 1.00 bits per heavy atom. The first-order valence-electron chi connectivity index (χ1n) is 7.56. The molecule has 118 valence electrons. The highest BCUT2D eigenvalue weighted by Crippen LogP contribution is 2.30. The highest BCUT2D eigenvalue weighted by atomic mass is 35.5. The maximum absolute atomic E-state index is 5.99. The van der Waals surface area contributed by atoms with Crippen LogP contribution in [0.25, 0.3) is 0 Å². The number of rotatable bonds is 8. The Kier molecular flexibility index (Phi) is 6.56.